The average Bonchev–Trinajstić information content (AvgIpc) is 2.74. The lowest BCUT2D eigenvalue weighted by Gasteiger charge is -2.34. The minimum absolute atomic E-state index is 0.0167. The molecule has 180 valence electrons. The molecule has 1 amide bonds. The summed E-state index contributed by atoms with van der Waals surface area (Å²) in [6.07, 6.45) is -0.000758. The Balaban J connectivity index is 2.07. The molecule has 1 atom stereocenters. The Morgan fingerprint density at radius 2 is 1.88 bits per heavy atom. The summed E-state index contributed by atoms with van der Waals surface area (Å²) in [6.45, 7) is 10.2. The highest BCUT2D eigenvalue weighted by Crippen LogP contribution is 2.33. The zero-order valence-corrected chi connectivity index (χ0v) is 22.7. The number of anilines is 2. The molecule has 0 N–H and O–H groups in total. The molecule has 3 rings (SSSR count). The van der Waals surface area contributed by atoms with E-state index in [1.807, 2.05) is 37.8 Å². The third-order valence-corrected chi connectivity index (χ3v) is 7.37. The van der Waals surface area contributed by atoms with Crippen LogP contribution in [0.25, 0.3) is 0 Å². The van der Waals surface area contributed by atoms with Gasteiger partial charge in [-0.3, -0.25) is 9.69 Å². The minimum Gasteiger partial charge on any atom is -0.444 e. The summed E-state index contributed by atoms with van der Waals surface area (Å²) in [4.78, 5) is 39.9. The highest BCUT2D eigenvalue weighted by molar-refractivity contribution is 14.1. The Kier molecular flexibility index (Phi) is 7.83. The number of aromatic nitrogens is 2. The van der Waals surface area contributed by atoms with E-state index >= 15 is 0 Å². The number of carbonyl (C=O) groups excluding carboxylic acids is 1. The van der Waals surface area contributed by atoms with Gasteiger partial charge in [0.05, 0.1) is 21.9 Å². The van der Waals surface area contributed by atoms with Gasteiger partial charge in [0.25, 0.3) is 5.56 Å². The van der Waals surface area contributed by atoms with Crippen molar-refractivity contribution in [1.82, 2.24) is 14.6 Å². The summed E-state index contributed by atoms with van der Waals surface area (Å²) in [5.41, 5.74) is 0.989. The quantitative estimate of drug-likeness (QED) is 0.284. The van der Waals surface area contributed by atoms with Crippen molar-refractivity contribution in [2.24, 2.45) is 5.92 Å². The molecular weight excluding hydrogens is 559 g/mol. The molecule has 1 aromatic heterocycles. The molecule has 2 aromatic rings. The van der Waals surface area contributed by atoms with Crippen molar-refractivity contribution in [3.05, 3.63) is 50.9 Å². The van der Waals surface area contributed by atoms with Crippen LogP contribution in [0.2, 0.25) is 5.02 Å². The molecule has 10 heteroatoms. The van der Waals surface area contributed by atoms with E-state index in [0.717, 1.165) is 5.69 Å². The van der Waals surface area contributed by atoms with Gasteiger partial charge in [-0.2, -0.15) is 0 Å². The largest absolute Gasteiger partial charge is 0.444 e. The molecule has 1 aromatic carbocycles. The van der Waals surface area contributed by atoms with Crippen molar-refractivity contribution < 1.29 is 14.4 Å². The van der Waals surface area contributed by atoms with Crippen molar-refractivity contribution in [3.8, 4) is 0 Å². The number of alkyl halides is 1. The van der Waals surface area contributed by atoms with Gasteiger partial charge in [0.15, 0.2) is 0 Å². The van der Waals surface area contributed by atoms with Crippen LogP contribution >= 0.6 is 34.2 Å². The Labute approximate surface area is 212 Å². The second-order valence-electron chi connectivity index (χ2n) is 9.23. The van der Waals surface area contributed by atoms with Gasteiger partial charge >= 0.3 is 6.09 Å². The van der Waals surface area contributed by atoms with E-state index in [9.17, 15) is 9.59 Å². The van der Waals surface area contributed by atoms with Crippen LogP contribution in [0.15, 0.2) is 29.1 Å². The third-order valence-electron chi connectivity index (χ3n) is 5.13. The standard InChI is InChI=1S/C23H30ClIN4O4/c1-14(2)19(25)28(16-9-7-15(24)8-10-16)21-26-18-11-12-27(22(31)33-23(3,4)5)13-17(18)20(30)29(21)32-6/h7-10,14,19H,11-13H2,1-6H3/t19-/m1/s1. The first-order valence-corrected chi connectivity index (χ1v) is 12.4. The number of halogens is 2. The Morgan fingerprint density at radius 1 is 1.24 bits per heavy atom. The lowest BCUT2D eigenvalue weighted by Crippen LogP contribution is -2.45. The first-order valence-electron chi connectivity index (χ1n) is 10.8. The summed E-state index contributed by atoms with van der Waals surface area (Å²) < 4.78 is 6.66. The van der Waals surface area contributed by atoms with Crippen LogP contribution < -0.4 is 15.3 Å². The van der Waals surface area contributed by atoms with E-state index in [1.165, 1.54) is 16.7 Å². The summed E-state index contributed by atoms with van der Waals surface area (Å²) in [6, 6.07) is 7.40. The minimum atomic E-state index is -0.614. The van der Waals surface area contributed by atoms with Crippen LogP contribution in [0.4, 0.5) is 16.4 Å². The van der Waals surface area contributed by atoms with Crippen molar-refractivity contribution in [2.75, 3.05) is 18.6 Å². The second kappa shape index (κ2) is 10.1. The zero-order chi connectivity index (χ0) is 24.5. The molecule has 8 nitrogen and oxygen atoms in total. The van der Waals surface area contributed by atoms with Crippen LogP contribution in [0.5, 0.6) is 0 Å². The third kappa shape index (κ3) is 5.74. The van der Waals surface area contributed by atoms with Gasteiger partial charge in [-0.25, -0.2) is 9.78 Å². The van der Waals surface area contributed by atoms with Gasteiger partial charge in [-0.1, -0.05) is 48.0 Å². The molecule has 33 heavy (non-hydrogen) atoms. The Hall–Kier alpha value is -2.01. The topological polar surface area (TPSA) is 76.9 Å². The van der Waals surface area contributed by atoms with Gasteiger partial charge in [0.1, 0.15) is 12.7 Å². The highest BCUT2D eigenvalue weighted by atomic mass is 127. The first-order chi connectivity index (χ1) is 15.4. The van der Waals surface area contributed by atoms with Gasteiger partial charge < -0.3 is 14.5 Å². The van der Waals surface area contributed by atoms with Crippen LogP contribution in [-0.2, 0) is 17.7 Å². The maximum atomic E-state index is 13.5. The Morgan fingerprint density at radius 3 is 2.42 bits per heavy atom. The molecule has 1 aliphatic rings. The van der Waals surface area contributed by atoms with Crippen LogP contribution in [-0.4, -0.2) is 44.0 Å². The zero-order valence-electron chi connectivity index (χ0n) is 19.8. The number of fused-ring (bicyclic) bond motifs is 1. The predicted octanol–water partition coefficient (Wildman–Crippen LogP) is 4.80. The fourth-order valence-corrected chi connectivity index (χ4v) is 4.21. The Bertz CT molecular complexity index is 1070. The molecule has 0 bridgehead atoms. The van der Waals surface area contributed by atoms with Gasteiger partial charge in [-0.05, 0) is 51.0 Å². The van der Waals surface area contributed by atoms with E-state index in [1.54, 1.807) is 12.1 Å². The van der Waals surface area contributed by atoms with Gasteiger partial charge in [0, 0.05) is 23.7 Å². The summed E-state index contributed by atoms with van der Waals surface area (Å²) >= 11 is 8.45. The molecule has 0 radical (unpaired) electrons. The van der Waals surface area contributed by atoms with Crippen molar-refractivity contribution in [3.63, 3.8) is 0 Å². The number of benzene rings is 1. The normalized spacial score (nSPS) is 14.6. The molecule has 1 aliphatic heterocycles. The molecular formula is C23H30ClIN4O4. The van der Waals surface area contributed by atoms with Gasteiger partial charge in [-0.15, -0.1) is 4.73 Å². The van der Waals surface area contributed by atoms with E-state index in [-0.39, 0.29) is 22.1 Å². The summed E-state index contributed by atoms with van der Waals surface area (Å²) in [7, 11) is 1.44. The van der Waals surface area contributed by atoms with Crippen molar-refractivity contribution in [2.45, 2.75) is 57.2 Å². The number of amides is 1. The number of hydrogen-bond acceptors (Lipinski definition) is 6. The van der Waals surface area contributed by atoms with E-state index in [2.05, 4.69) is 36.4 Å². The van der Waals surface area contributed by atoms with E-state index < -0.39 is 11.7 Å². The number of rotatable bonds is 5. The van der Waals surface area contributed by atoms with Crippen LogP contribution in [0.1, 0.15) is 45.9 Å². The van der Waals surface area contributed by atoms with E-state index in [0.29, 0.717) is 35.2 Å². The molecule has 2 heterocycles. The first kappa shape index (κ1) is 25.6. The second-order valence-corrected chi connectivity index (χ2v) is 10.9. The fraction of sp³-hybridized carbons (Fsp3) is 0.522. The average molecular weight is 589 g/mol. The lowest BCUT2D eigenvalue weighted by molar-refractivity contribution is 0.0219. The van der Waals surface area contributed by atoms with Crippen LogP contribution in [0, 0.1) is 5.92 Å². The summed E-state index contributed by atoms with van der Waals surface area (Å²) in [5, 5.41) is 0.623. The monoisotopic (exact) mass is 588 g/mol. The van der Waals surface area contributed by atoms with Gasteiger partial charge in [0.2, 0.25) is 5.95 Å². The number of hydrogen-bond donors (Lipinski definition) is 0. The van der Waals surface area contributed by atoms with Crippen molar-refractivity contribution in [1.29, 1.82) is 0 Å². The number of carbonyl (C=O) groups is 1. The molecule has 0 saturated heterocycles. The highest BCUT2D eigenvalue weighted by Gasteiger charge is 2.32. The fourth-order valence-electron chi connectivity index (χ4n) is 3.51. The molecule has 0 spiro atoms. The lowest BCUT2D eigenvalue weighted by atomic mass is 10.1. The maximum absolute atomic E-state index is 13.5. The van der Waals surface area contributed by atoms with Crippen molar-refractivity contribution >= 4 is 51.9 Å². The molecule has 0 saturated carbocycles. The maximum Gasteiger partial charge on any atom is 0.410 e. The van der Waals surface area contributed by atoms with Crippen LogP contribution in [0.3, 0.4) is 0 Å². The predicted molar refractivity (Wildman–Crippen MR) is 138 cm³/mol. The van der Waals surface area contributed by atoms with E-state index in [4.69, 9.17) is 26.2 Å². The molecule has 0 fully saturated rings. The molecule has 0 unspecified atom stereocenters. The summed E-state index contributed by atoms with van der Waals surface area (Å²) in [5.74, 6) is 0.643. The molecule has 0 aliphatic carbocycles. The smallest absolute Gasteiger partial charge is 0.410 e. The number of nitrogens with zero attached hydrogens (tertiary/aromatic N) is 4. The SMILES string of the molecule is COn1c(N(c2ccc(Cl)cc2)[C@@H](I)C(C)C)nc2c(c1=O)CN(C(=O)OC(C)(C)C)CC2. The number of ether oxygens (including phenoxy) is 1.